The van der Waals surface area contributed by atoms with E-state index in [2.05, 4.69) is 19.1 Å². The summed E-state index contributed by atoms with van der Waals surface area (Å²) in [4.78, 5) is 12.3. The van der Waals surface area contributed by atoms with E-state index in [9.17, 15) is 15.0 Å². The summed E-state index contributed by atoms with van der Waals surface area (Å²) in [7, 11) is 0. The van der Waals surface area contributed by atoms with E-state index < -0.39 is 6.10 Å². The number of hydrogen-bond acceptors (Lipinski definition) is 4. The number of aliphatic hydroxyl groups excluding tert-OH is 1. The van der Waals surface area contributed by atoms with Crippen LogP contribution in [0.1, 0.15) is 70.3 Å². The van der Waals surface area contributed by atoms with Crippen molar-refractivity contribution in [1.29, 1.82) is 0 Å². The average molecular weight is 387 g/mol. The summed E-state index contributed by atoms with van der Waals surface area (Å²) in [5, 5.41) is 20.5. The number of ether oxygens (including phenoxy) is 1. The molecular formula is C24H34O4. The van der Waals surface area contributed by atoms with Crippen molar-refractivity contribution in [1.82, 2.24) is 0 Å². The van der Waals surface area contributed by atoms with Crippen LogP contribution in [-0.2, 0) is 11.2 Å². The quantitative estimate of drug-likeness (QED) is 0.620. The number of ketones is 1. The first-order valence-electron chi connectivity index (χ1n) is 10.9. The lowest BCUT2D eigenvalue weighted by molar-refractivity contribution is -0.121. The van der Waals surface area contributed by atoms with Crippen molar-refractivity contribution in [3.05, 3.63) is 35.9 Å². The molecule has 2 aliphatic rings. The Kier molecular flexibility index (Phi) is 7.55. The molecule has 3 unspecified atom stereocenters. The van der Waals surface area contributed by atoms with E-state index in [4.69, 9.17) is 4.74 Å². The molecule has 0 saturated heterocycles. The molecule has 2 N–H and O–H groups in total. The van der Waals surface area contributed by atoms with Crippen molar-refractivity contribution in [3.8, 4) is 11.5 Å². The molecule has 1 saturated carbocycles. The first-order chi connectivity index (χ1) is 13.5. The summed E-state index contributed by atoms with van der Waals surface area (Å²) in [6, 6.07) is 5.36. The highest BCUT2D eigenvalue weighted by Crippen LogP contribution is 2.32. The lowest BCUT2D eigenvalue weighted by Crippen LogP contribution is -2.24. The van der Waals surface area contributed by atoms with Crippen LogP contribution < -0.4 is 4.74 Å². The Balaban J connectivity index is 1.48. The second-order valence-corrected chi connectivity index (χ2v) is 8.59. The normalized spacial score (nSPS) is 24.1. The Hall–Kier alpha value is -1.81. The number of benzene rings is 1. The lowest BCUT2D eigenvalue weighted by atomic mass is 9.84. The SMILES string of the molecule is CC1C=CC(C(O)CC(=O)CCc2ccc(O)c(OC3CCCCC3)c2)CC1. The van der Waals surface area contributed by atoms with Crippen LogP contribution in [0.25, 0.3) is 0 Å². The van der Waals surface area contributed by atoms with Gasteiger partial charge in [-0.15, -0.1) is 0 Å². The number of hydrogen-bond donors (Lipinski definition) is 2. The van der Waals surface area contributed by atoms with Gasteiger partial charge in [-0.3, -0.25) is 4.79 Å². The zero-order chi connectivity index (χ0) is 19.9. The largest absolute Gasteiger partial charge is 0.504 e. The molecule has 0 amide bonds. The fourth-order valence-corrected chi connectivity index (χ4v) is 4.24. The molecule has 0 aromatic heterocycles. The number of carbonyl (C=O) groups is 1. The number of aryl methyl sites for hydroxylation is 1. The second kappa shape index (κ2) is 10.1. The molecule has 1 aromatic carbocycles. The Labute approximate surface area is 168 Å². The summed E-state index contributed by atoms with van der Waals surface area (Å²) >= 11 is 0. The number of phenolic OH excluding ortho intramolecular Hbond substituents is 1. The molecule has 0 bridgehead atoms. The molecule has 0 radical (unpaired) electrons. The average Bonchev–Trinajstić information content (AvgIpc) is 2.70. The van der Waals surface area contributed by atoms with Crippen LogP contribution in [0.2, 0.25) is 0 Å². The molecule has 4 heteroatoms. The van der Waals surface area contributed by atoms with Crippen molar-refractivity contribution in [2.45, 2.75) is 83.3 Å². The smallest absolute Gasteiger partial charge is 0.161 e. The van der Waals surface area contributed by atoms with Gasteiger partial charge in [-0.25, -0.2) is 0 Å². The first kappa shape index (κ1) is 20.9. The molecular weight excluding hydrogens is 352 g/mol. The second-order valence-electron chi connectivity index (χ2n) is 8.59. The van der Waals surface area contributed by atoms with E-state index in [-0.39, 0.29) is 30.0 Å². The number of allylic oxidation sites excluding steroid dienone is 1. The maximum absolute atomic E-state index is 12.3. The molecule has 1 aromatic rings. The monoisotopic (exact) mass is 386 g/mol. The molecule has 3 atom stereocenters. The van der Waals surface area contributed by atoms with Crippen molar-refractivity contribution in [2.75, 3.05) is 0 Å². The zero-order valence-corrected chi connectivity index (χ0v) is 17.0. The topological polar surface area (TPSA) is 66.8 Å². The molecule has 0 aliphatic heterocycles. The van der Waals surface area contributed by atoms with Crippen LogP contribution >= 0.6 is 0 Å². The number of Topliss-reactive ketones (excluding diaryl/α,β-unsaturated/α-hetero) is 1. The standard InChI is InChI=1S/C24H34O4/c1-17-7-11-19(12-8-17)23(27)16-20(25)13-9-18-10-14-22(26)24(15-18)28-21-5-3-2-4-6-21/h7,10-11,14-15,17,19,21,23,26-27H,2-6,8-9,12-13,16H2,1H3. The lowest BCUT2D eigenvalue weighted by Gasteiger charge is -2.24. The van der Waals surface area contributed by atoms with Crippen LogP contribution in [-0.4, -0.2) is 28.2 Å². The van der Waals surface area contributed by atoms with Gasteiger partial charge >= 0.3 is 0 Å². The molecule has 1 fully saturated rings. The van der Waals surface area contributed by atoms with Gasteiger partial charge < -0.3 is 14.9 Å². The van der Waals surface area contributed by atoms with Gasteiger partial charge in [-0.05, 0) is 68.6 Å². The van der Waals surface area contributed by atoms with Crippen LogP contribution in [0.4, 0.5) is 0 Å². The van der Waals surface area contributed by atoms with Gasteiger partial charge in [0, 0.05) is 18.8 Å². The maximum Gasteiger partial charge on any atom is 0.161 e. The molecule has 0 spiro atoms. The number of aromatic hydroxyl groups is 1. The molecule has 0 heterocycles. The van der Waals surface area contributed by atoms with E-state index in [0.29, 0.717) is 24.5 Å². The van der Waals surface area contributed by atoms with E-state index in [1.165, 1.54) is 19.3 Å². The van der Waals surface area contributed by atoms with E-state index in [0.717, 1.165) is 31.2 Å². The van der Waals surface area contributed by atoms with Gasteiger partial charge in [-0.1, -0.05) is 31.6 Å². The summed E-state index contributed by atoms with van der Waals surface area (Å²) < 4.78 is 6.00. The molecule has 4 nitrogen and oxygen atoms in total. The van der Waals surface area contributed by atoms with Gasteiger partial charge in [0.2, 0.25) is 0 Å². The van der Waals surface area contributed by atoms with Crippen LogP contribution in [0.5, 0.6) is 11.5 Å². The van der Waals surface area contributed by atoms with Gasteiger partial charge in [0.1, 0.15) is 5.78 Å². The molecule has 3 rings (SSSR count). The molecule has 2 aliphatic carbocycles. The predicted molar refractivity (Wildman–Crippen MR) is 111 cm³/mol. The maximum atomic E-state index is 12.3. The number of phenols is 1. The van der Waals surface area contributed by atoms with Crippen molar-refractivity contribution < 1.29 is 19.7 Å². The Morgan fingerprint density at radius 1 is 1.14 bits per heavy atom. The zero-order valence-electron chi connectivity index (χ0n) is 17.0. The summed E-state index contributed by atoms with van der Waals surface area (Å²) in [5.74, 6) is 1.44. The fourth-order valence-electron chi connectivity index (χ4n) is 4.24. The number of carbonyl (C=O) groups excluding carboxylic acids is 1. The Morgan fingerprint density at radius 2 is 1.93 bits per heavy atom. The highest BCUT2D eigenvalue weighted by atomic mass is 16.5. The summed E-state index contributed by atoms with van der Waals surface area (Å²) in [6.45, 7) is 2.17. The molecule has 28 heavy (non-hydrogen) atoms. The van der Waals surface area contributed by atoms with Gasteiger partial charge in [0.25, 0.3) is 0 Å². The minimum Gasteiger partial charge on any atom is -0.504 e. The minimum atomic E-state index is -0.582. The van der Waals surface area contributed by atoms with Crippen molar-refractivity contribution in [2.24, 2.45) is 11.8 Å². The third kappa shape index (κ3) is 6.10. The summed E-state index contributed by atoms with van der Waals surface area (Å²) in [5.41, 5.74) is 0.984. The van der Waals surface area contributed by atoms with Crippen LogP contribution in [0.15, 0.2) is 30.4 Å². The highest BCUT2D eigenvalue weighted by Gasteiger charge is 2.23. The number of rotatable bonds is 8. The van der Waals surface area contributed by atoms with Crippen LogP contribution in [0.3, 0.4) is 0 Å². The van der Waals surface area contributed by atoms with Gasteiger partial charge in [0.05, 0.1) is 12.2 Å². The van der Waals surface area contributed by atoms with E-state index in [1.807, 2.05) is 12.1 Å². The molecule has 154 valence electrons. The van der Waals surface area contributed by atoms with Gasteiger partial charge in [0.15, 0.2) is 11.5 Å². The van der Waals surface area contributed by atoms with Crippen LogP contribution in [0, 0.1) is 11.8 Å². The van der Waals surface area contributed by atoms with Gasteiger partial charge in [-0.2, -0.15) is 0 Å². The first-order valence-corrected chi connectivity index (χ1v) is 10.9. The third-order valence-electron chi connectivity index (χ3n) is 6.14. The highest BCUT2D eigenvalue weighted by molar-refractivity contribution is 5.79. The van der Waals surface area contributed by atoms with Crippen molar-refractivity contribution in [3.63, 3.8) is 0 Å². The van der Waals surface area contributed by atoms with E-state index >= 15 is 0 Å². The third-order valence-corrected chi connectivity index (χ3v) is 6.14. The van der Waals surface area contributed by atoms with E-state index in [1.54, 1.807) is 6.07 Å². The van der Waals surface area contributed by atoms with Crippen molar-refractivity contribution >= 4 is 5.78 Å². The summed E-state index contributed by atoms with van der Waals surface area (Å²) in [6.07, 6.45) is 12.7. The Bertz CT molecular complexity index is 675. The fraction of sp³-hybridized carbons (Fsp3) is 0.625. The number of aliphatic hydroxyl groups is 1. The predicted octanol–water partition coefficient (Wildman–Crippen LogP) is 4.96. The Morgan fingerprint density at radius 3 is 2.64 bits per heavy atom. The minimum absolute atomic E-state index is 0.0855.